The van der Waals surface area contributed by atoms with E-state index < -0.39 is 22.3 Å². The van der Waals surface area contributed by atoms with Gasteiger partial charge in [0.1, 0.15) is 11.3 Å². The Labute approximate surface area is 182 Å². The van der Waals surface area contributed by atoms with Crippen molar-refractivity contribution in [2.24, 2.45) is 5.10 Å². The second-order valence-corrected chi connectivity index (χ2v) is 7.71. The number of hydrazone groups is 1. The van der Waals surface area contributed by atoms with E-state index in [1.54, 1.807) is 12.1 Å². The molecule has 1 aromatic heterocycles. The molecule has 0 bridgehead atoms. The SMILES string of the molecule is O=C(N/N=C\c1c([O-])c([N+](=O)[O-])cc2oc3c(c12)CCCC3)c1cccc2ccccc12. The van der Waals surface area contributed by atoms with Crippen LogP contribution in [0.1, 0.15) is 40.1 Å². The first-order chi connectivity index (χ1) is 15.5. The van der Waals surface area contributed by atoms with Crippen molar-refractivity contribution in [3.05, 3.63) is 81.1 Å². The molecule has 1 N–H and O–H groups in total. The van der Waals surface area contributed by atoms with Gasteiger partial charge in [-0.15, -0.1) is 0 Å². The minimum absolute atomic E-state index is 0.0549. The van der Waals surface area contributed by atoms with E-state index in [1.165, 1.54) is 12.3 Å². The van der Waals surface area contributed by atoms with E-state index >= 15 is 0 Å². The quantitative estimate of drug-likeness (QED) is 0.296. The average molecular weight is 428 g/mol. The van der Waals surface area contributed by atoms with Crippen LogP contribution in [-0.2, 0) is 12.8 Å². The van der Waals surface area contributed by atoms with Crippen molar-refractivity contribution in [2.45, 2.75) is 25.7 Å². The van der Waals surface area contributed by atoms with Crippen LogP contribution in [0.4, 0.5) is 5.69 Å². The van der Waals surface area contributed by atoms with E-state index in [4.69, 9.17) is 4.42 Å². The normalized spacial score (nSPS) is 13.5. The average Bonchev–Trinajstić information content (AvgIpc) is 3.18. The molecule has 0 fully saturated rings. The van der Waals surface area contributed by atoms with Gasteiger partial charge in [-0.3, -0.25) is 14.9 Å². The highest BCUT2D eigenvalue weighted by atomic mass is 16.6. The van der Waals surface area contributed by atoms with Crippen molar-refractivity contribution >= 4 is 39.6 Å². The summed E-state index contributed by atoms with van der Waals surface area (Å²) >= 11 is 0. The number of fused-ring (bicyclic) bond motifs is 4. The van der Waals surface area contributed by atoms with Gasteiger partial charge in [0.05, 0.1) is 17.2 Å². The summed E-state index contributed by atoms with van der Waals surface area (Å²) < 4.78 is 5.83. The van der Waals surface area contributed by atoms with Gasteiger partial charge in [-0.2, -0.15) is 5.10 Å². The first-order valence-corrected chi connectivity index (χ1v) is 10.3. The van der Waals surface area contributed by atoms with Crippen molar-refractivity contribution in [2.75, 3.05) is 0 Å². The van der Waals surface area contributed by atoms with Gasteiger partial charge >= 0.3 is 0 Å². The molecule has 0 saturated carbocycles. The molecule has 5 rings (SSSR count). The maximum Gasteiger partial charge on any atom is 0.271 e. The molecule has 0 aliphatic heterocycles. The number of hydrogen-bond donors (Lipinski definition) is 1. The molecule has 1 aliphatic rings. The van der Waals surface area contributed by atoms with E-state index in [2.05, 4.69) is 10.5 Å². The maximum atomic E-state index is 12.8. The lowest BCUT2D eigenvalue weighted by molar-refractivity contribution is -0.398. The van der Waals surface area contributed by atoms with Gasteiger partial charge in [-0.1, -0.05) is 36.4 Å². The third-order valence-corrected chi connectivity index (χ3v) is 5.80. The number of nitrogens with zero attached hydrogens (tertiary/aromatic N) is 2. The Morgan fingerprint density at radius 2 is 1.91 bits per heavy atom. The second kappa shape index (κ2) is 7.81. The highest BCUT2D eigenvalue weighted by molar-refractivity contribution is 6.08. The van der Waals surface area contributed by atoms with Gasteiger partial charge in [0, 0.05) is 28.5 Å². The fourth-order valence-electron chi connectivity index (χ4n) is 4.32. The minimum Gasteiger partial charge on any atom is -0.867 e. The number of nitrogens with one attached hydrogen (secondary N) is 1. The molecule has 8 heteroatoms. The van der Waals surface area contributed by atoms with E-state index in [-0.39, 0.29) is 5.56 Å². The minimum atomic E-state index is -0.750. The summed E-state index contributed by atoms with van der Waals surface area (Å²) in [6.07, 6.45) is 4.54. The summed E-state index contributed by atoms with van der Waals surface area (Å²) in [6.45, 7) is 0. The highest BCUT2D eigenvalue weighted by Gasteiger charge is 2.24. The number of furan rings is 1. The smallest absolute Gasteiger partial charge is 0.271 e. The van der Waals surface area contributed by atoms with Gasteiger partial charge in [-0.25, -0.2) is 5.43 Å². The number of carbonyl (C=O) groups excluding carboxylic acids is 1. The zero-order chi connectivity index (χ0) is 22.2. The third kappa shape index (κ3) is 3.26. The first kappa shape index (κ1) is 19.7. The molecule has 1 amide bonds. The van der Waals surface area contributed by atoms with Gasteiger partial charge in [0.2, 0.25) is 0 Å². The molecule has 0 unspecified atom stereocenters. The molecule has 160 valence electrons. The van der Waals surface area contributed by atoms with Gasteiger partial charge in [-0.05, 0) is 41.9 Å². The Morgan fingerprint density at radius 1 is 1.12 bits per heavy atom. The summed E-state index contributed by atoms with van der Waals surface area (Å²) in [7, 11) is 0. The molecule has 1 heterocycles. The fourth-order valence-corrected chi connectivity index (χ4v) is 4.32. The lowest BCUT2D eigenvalue weighted by Gasteiger charge is -2.14. The van der Waals surface area contributed by atoms with Crippen LogP contribution in [0, 0.1) is 10.1 Å². The number of hydrogen-bond acceptors (Lipinski definition) is 6. The lowest BCUT2D eigenvalue weighted by Crippen LogP contribution is -2.18. The number of benzene rings is 3. The van der Waals surface area contributed by atoms with Crippen LogP contribution >= 0.6 is 0 Å². The summed E-state index contributed by atoms with van der Waals surface area (Å²) in [4.78, 5) is 23.4. The number of nitro groups is 1. The van der Waals surface area contributed by atoms with Crippen molar-refractivity contribution in [1.29, 1.82) is 0 Å². The van der Waals surface area contributed by atoms with E-state index in [0.29, 0.717) is 16.5 Å². The van der Waals surface area contributed by atoms with Crippen LogP contribution in [-0.4, -0.2) is 17.0 Å². The van der Waals surface area contributed by atoms with Crippen molar-refractivity contribution in [3.63, 3.8) is 0 Å². The number of rotatable bonds is 4. The molecule has 3 aromatic carbocycles. The van der Waals surface area contributed by atoms with Crippen molar-refractivity contribution in [1.82, 2.24) is 5.43 Å². The predicted octanol–water partition coefficient (Wildman–Crippen LogP) is 4.21. The van der Waals surface area contributed by atoms with Crippen LogP contribution in [0.25, 0.3) is 21.7 Å². The van der Waals surface area contributed by atoms with Crippen LogP contribution in [0.3, 0.4) is 0 Å². The standard InChI is InChI=1S/C24H19N3O5/c28-23-18(13-25-26-24(29)16-10-5-7-14-6-1-2-8-15(14)16)22-17-9-3-4-11-20(17)32-21(22)12-19(23)27(30)31/h1-2,5-8,10,12-13,28H,3-4,9,11H2,(H,26,29)/p-1/b25-13-. The van der Waals surface area contributed by atoms with Gasteiger partial charge < -0.3 is 9.52 Å². The first-order valence-electron chi connectivity index (χ1n) is 10.3. The molecule has 8 nitrogen and oxygen atoms in total. The predicted molar refractivity (Wildman–Crippen MR) is 118 cm³/mol. The largest absolute Gasteiger partial charge is 0.867 e. The lowest BCUT2D eigenvalue weighted by atomic mass is 9.93. The number of nitro benzene ring substituents is 1. The Hall–Kier alpha value is -4.20. The molecule has 4 aromatic rings. The number of amides is 1. The fraction of sp³-hybridized carbons (Fsp3) is 0.167. The summed E-state index contributed by atoms with van der Waals surface area (Å²) in [5, 5.41) is 30.4. The second-order valence-electron chi connectivity index (χ2n) is 7.71. The number of aryl methyl sites for hydroxylation is 2. The van der Waals surface area contributed by atoms with E-state index in [0.717, 1.165) is 47.8 Å². The molecule has 0 spiro atoms. The Morgan fingerprint density at radius 3 is 2.75 bits per heavy atom. The van der Waals surface area contributed by atoms with Crippen LogP contribution in [0.5, 0.6) is 5.75 Å². The number of carbonyl (C=O) groups is 1. The Bertz CT molecular complexity index is 1420. The molecule has 0 saturated heterocycles. The molecule has 0 radical (unpaired) electrons. The van der Waals surface area contributed by atoms with Gasteiger partial charge in [0.15, 0.2) is 0 Å². The summed E-state index contributed by atoms with van der Waals surface area (Å²) in [5.74, 6) is -0.443. The van der Waals surface area contributed by atoms with Crippen LogP contribution in [0.15, 0.2) is 58.0 Å². The zero-order valence-corrected chi connectivity index (χ0v) is 17.0. The van der Waals surface area contributed by atoms with E-state index in [9.17, 15) is 20.0 Å². The molecule has 0 atom stereocenters. The monoisotopic (exact) mass is 428 g/mol. The van der Waals surface area contributed by atoms with Crippen LogP contribution < -0.4 is 10.5 Å². The Kier molecular flexibility index (Phi) is 4.82. The van der Waals surface area contributed by atoms with Crippen molar-refractivity contribution in [3.8, 4) is 5.75 Å². The highest BCUT2D eigenvalue weighted by Crippen LogP contribution is 2.40. The maximum absolute atomic E-state index is 12.8. The van der Waals surface area contributed by atoms with Gasteiger partial charge in [0.25, 0.3) is 11.6 Å². The van der Waals surface area contributed by atoms with Crippen LogP contribution in [0.2, 0.25) is 0 Å². The zero-order valence-electron chi connectivity index (χ0n) is 17.0. The topological polar surface area (TPSA) is 121 Å². The molecule has 1 aliphatic carbocycles. The Balaban J connectivity index is 1.54. The summed E-state index contributed by atoms with van der Waals surface area (Å²) in [6, 6.07) is 14.0. The third-order valence-electron chi connectivity index (χ3n) is 5.80. The van der Waals surface area contributed by atoms with Crippen molar-refractivity contribution < 1.29 is 19.2 Å². The molecular weight excluding hydrogens is 410 g/mol. The molecular formula is C24H18N3O5-. The van der Waals surface area contributed by atoms with E-state index in [1.807, 2.05) is 30.3 Å². The summed E-state index contributed by atoms with van der Waals surface area (Å²) in [5.41, 5.74) is 3.54. The molecule has 32 heavy (non-hydrogen) atoms.